The van der Waals surface area contributed by atoms with Crippen molar-refractivity contribution >= 4 is 61.1 Å². The number of anilines is 2. The molecule has 8 heteroatoms. The number of nitriles is 1. The molecule has 3 aromatic rings. The zero-order chi connectivity index (χ0) is 25.5. The molecule has 0 radical (unpaired) electrons. The van der Waals surface area contributed by atoms with Crippen molar-refractivity contribution in [1.82, 2.24) is 0 Å². The third-order valence-electron chi connectivity index (χ3n) is 5.20. The number of rotatable bonds is 7. The normalized spacial score (nSPS) is 10.9. The predicted octanol–water partition coefficient (Wildman–Crippen LogP) is 6.70. The molecule has 35 heavy (non-hydrogen) atoms. The number of ether oxygens (including phenoxy) is 1. The Balaban J connectivity index is 1.82. The van der Waals surface area contributed by atoms with E-state index in [1.165, 1.54) is 6.08 Å². The minimum Gasteiger partial charge on any atom is -0.482 e. The van der Waals surface area contributed by atoms with Crippen molar-refractivity contribution in [2.45, 2.75) is 20.8 Å². The number of carbonyl (C=O) groups excluding carboxylic acids is 2. The predicted molar refractivity (Wildman–Crippen MR) is 145 cm³/mol. The lowest BCUT2D eigenvalue weighted by molar-refractivity contribution is -0.118. The third kappa shape index (κ3) is 7.04. The molecular formula is C27H23Br2N3O3. The van der Waals surface area contributed by atoms with Crippen LogP contribution in [0.3, 0.4) is 0 Å². The summed E-state index contributed by atoms with van der Waals surface area (Å²) >= 11 is 6.87. The van der Waals surface area contributed by atoms with Gasteiger partial charge in [-0.05, 0) is 89.8 Å². The molecule has 0 aromatic heterocycles. The highest BCUT2D eigenvalue weighted by atomic mass is 79.9. The lowest BCUT2D eigenvalue weighted by atomic mass is 10.1. The highest BCUT2D eigenvalue weighted by Crippen LogP contribution is 2.34. The first-order valence-corrected chi connectivity index (χ1v) is 12.2. The molecule has 2 amide bonds. The Morgan fingerprint density at radius 1 is 1.03 bits per heavy atom. The summed E-state index contributed by atoms with van der Waals surface area (Å²) in [6, 6.07) is 18.4. The molecule has 0 bridgehead atoms. The minimum atomic E-state index is -0.541. The van der Waals surface area contributed by atoms with Crippen molar-refractivity contribution in [2.24, 2.45) is 0 Å². The van der Waals surface area contributed by atoms with Crippen LogP contribution in [0.4, 0.5) is 11.4 Å². The zero-order valence-corrected chi connectivity index (χ0v) is 22.6. The Labute approximate surface area is 221 Å². The van der Waals surface area contributed by atoms with Crippen molar-refractivity contribution in [3.05, 3.63) is 91.4 Å². The molecule has 178 valence electrons. The molecule has 0 spiro atoms. The number of aryl methyl sites for hydroxylation is 2. The number of hydrogen-bond acceptors (Lipinski definition) is 4. The summed E-state index contributed by atoms with van der Waals surface area (Å²) < 4.78 is 7.07. The first-order chi connectivity index (χ1) is 16.7. The Morgan fingerprint density at radius 2 is 1.77 bits per heavy atom. The van der Waals surface area contributed by atoms with E-state index in [1.807, 2.05) is 57.2 Å². The quantitative estimate of drug-likeness (QED) is 0.234. The fraction of sp³-hybridized carbons (Fsp3) is 0.148. The van der Waals surface area contributed by atoms with E-state index in [0.717, 1.165) is 16.7 Å². The molecule has 3 aromatic carbocycles. The summed E-state index contributed by atoms with van der Waals surface area (Å²) in [7, 11) is 0. The summed E-state index contributed by atoms with van der Waals surface area (Å²) in [5, 5.41) is 15.3. The topological polar surface area (TPSA) is 91.2 Å². The van der Waals surface area contributed by atoms with Gasteiger partial charge < -0.3 is 15.4 Å². The number of nitrogens with one attached hydrogen (secondary N) is 2. The molecule has 0 aliphatic rings. The van der Waals surface area contributed by atoms with Gasteiger partial charge in [-0.3, -0.25) is 9.59 Å². The highest BCUT2D eigenvalue weighted by molar-refractivity contribution is 9.11. The second kappa shape index (κ2) is 11.8. The molecule has 0 heterocycles. The lowest BCUT2D eigenvalue weighted by Gasteiger charge is -2.13. The van der Waals surface area contributed by atoms with E-state index < -0.39 is 5.91 Å². The number of halogens is 2. The Bertz CT molecular complexity index is 1360. The van der Waals surface area contributed by atoms with Crippen LogP contribution in [0.1, 0.15) is 22.3 Å². The van der Waals surface area contributed by atoms with Crippen LogP contribution in [0.2, 0.25) is 0 Å². The molecular weight excluding hydrogens is 574 g/mol. The van der Waals surface area contributed by atoms with Gasteiger partial charge in [0.25, 0.3) is 11.8 Å². The SMILES string of the molecule is Cc1cccc(NC(=O)COc2c(Br)cc(Br)cc2/C=C(/C#N)C(=O)Nc2cccc(C)c2C)c1. The van der Waals surface area contributed by atoms with Crippen molar-refractivity contribution in [3.8, 4) is 11.8 Å². The Morgan fingerprint density at radius 3 is 2.49 bits per heavy atom. The molecule has 6 nitrogen and oxygen atoms in total. The second-order valence-electron chi connectivity index (χ2n) is 7.88. The summed E-state index contributed by atoms with van der Waals surface area (Å²) in [4.78, 5) is 25.3. The molecule has 0 aliphatic carbocycles. The van der Waals surface area contributed by atoms with Gasteiger partial charge in [0.2, 0.25) is 0 Å². The fourth-order valence-electron chi connectivity index (χ4n) is 3.28. The van der Waals surface area contributed by atoms with Gasteiger partial charge in [0.05, 0.1) is 4.47 Å². The van der Waals surface area contributed by atoms with Crippen LogP contribution in [-0.4, -0.2) is 18.4 Å². The van der Waals surface area contributed by atoms with Gasteiger partial charge >= 0.3 is 0 Å². The lowest BCUT2D eigenvalue weighted by Crippen LogP contribution is -2.20. The van der Waals surface area contributed by atoms with E-state index in [2.05, 4.69) is 42.5 Å². The maximum Gasteiger partial charge on any atom is 0.266 e. The molecule has 0 saturated carbocycles. The van der Waals surface area contributed by atoms with Crippen LogP contribution in [0.25, 0.3) is 6.08 Å². The maximum absolute atomic E-state index is 12.9. The third-order valence-corrected chi connectivity index (χ3v) is 6.25. The molecule has 0 fully saturated rings. The van der Waals surface area contributed by atoms with Gasteiger partial charge in [-0.1, -0.05) is 40.2 Å². The van der Waals surface area contributed by atoms with E-state index in [9.17, 15) is 14.9 Å². The molecule has 0 aliphatic heterocycles. The van der Waals surface area contributed by atoms with Crippen molar-refractivity contribution < 1.29 is 14.3 Å². The summed E-state index contributed by atoms with van der Waals surface area (Å²) in [6.07, 6.45) is 1.43. The van der Waals surface area contributed by atoms with E-state index in [-0.39, 0.29) is 18.1 Å². The van der Waals surface area contributed by atoms with Gasteiger partial charge in [-0.25, -0.2) is 0 Å². The largest absolute Gasteiger partial charge is 0.482 e. The zero-order valence-electron chi connectivity index (χ0n) is 19.4. The average Bonchev–Trinajstić information content (AvgIpc) is 2.79. The maximum atomic E-state index is 12.9. The number of benzene rings is 3. The number of nitrogens with zero attached hydrogens (tertiary/aromatic N) is 1. The van der Waals surface area contributed by atoms with Gasteiger partial charge in [0.1, 0.15) is 17.4 Å². The van der Waals surface area contributed by atoms with E-state index in [0.29, 0.717) is 31.6 Å². The smallest absolute Gasteiger partial charge is 0.266 e. The van der Waals surface area contributed by atoms with Crippen LogP contribution in [0, 0.1) is 32.1 Å². The first-order valence-electron chi connectivity index (χ1n) is 10.7. The van der Waals surface area contributed by atoms with Crippen LogP contribution in [0.5, 0.6) is 5.75 Å². The van der Waals surface area contributed by atoms with E-state index in [4.69, 9.17) is 4.74 Å². The van der Waals surface area contributed by atoms with Gasteiger partial charge in [0.15, 0.2) is 6.61 Å². The van der Waals surface area contributed by atoms with Crippen LogP contribution >= 0.6 is 31.9 Å². The molecule has 3 rings (SSSR count). The summed E-state index contributed by atoms with van der Waals surface area (Å²) in [5.74, 6) is -0.547. The van der Waals surface area contributed by atoms with Gasteiger partial charge in [-0.15, -0.1) is 0 Å². The Hall–Kier alpha value is -3.41. The van der Waals surface area contributed by atoms with Crippen LogP contribution < -0.4 is 15.4 Å². The molecule has 2 N–H and O–H groups in total. The molecule has 0 saturated heterocycles. The van der Waals surface area contributed by atoms with Crippen molar-refractivity contribution in [3.63, 3.8) is 0 Å². The van der Waals surface area contributed by atoms with Crippen LogP contribution in [0.15, 0.2) is 69.1 Å². The standard InChI is InChI=1S/C27H23Br2N3O3/c1-16-6-4-8-22(10-16)31-25(33)15-35-26-19(12-21(28)13-23(26)29)11-20(14-30)27(34)32-24-9-5-7-17(2)18(24)3/h4-13H,15H2,1-3H3,(H,31,33)(H,32,34)/b20-11-. The number of hydrogen-bond donors (Lipinski definition) is 2. The summed E-state index contributed by atoms with van der Waals surface area (Å²) in [6.45, 7) is 5.53. The van der Waals surface area contributed by atoms with E-state index >= 15 is 0 Å². The second-order valence-corrected chi connectivity index (χ2v) is 9.65. The first kappa shape index (κ1) is 26.2. The number of carbonyl (C=O) groups is 2. The number of amides is 2. The highest BCUT2D eigenvalue weighted by Gasteiger charge is 2.16. The van der Waals surface area contributed by atoms with E-state index in [1.54, 1.807) is 24.3 Å². The average molecular weight is 597 g/mol. The molecule has 0 atom stereocenters. The molecule has 0 unspecified atom stereocenters. The fourth-order valence-corrected chi connectivity index (χ4v) is 4.65. The monoisotopic (exact) mass is 595 g/mol. The van der Waals surface area contributed by atoms with Crippen LogP contribution in [-0.2, 0) is 9.59 Å². The van der Waals surface area contributed by atoms with Gasteiger partial charge in [-0.2, -0.15) is 5.26 Å². The van der Waals surface area contributed by atoms with Crippen molar-refractivity contribution in [2.75, 3.05) is 17.2 Å². The summed E-state index contributed by atoms with van der Waals surface area (Å²) in [5.41, 5.74) is 4.63. The minimum absolute atomic E-state index is 0.107. The van der Waals surface area contributed by atoms with Gasteiger partial charge in [0, 0.05) is 21.4 Å². The Kier molecular flexibility index (Phi) is 8.85. The van der Waals surface area contributed by atoms with Crippen molar-refractivity contribution in [1.29, 1.82) is 5.26 Å².